The molecule has 6 nitrogen and oxygen atoms in total. The Morgan fingerprint density at radius 1 is 1.29 bits per heavy atom. The molecule has 1 aromatic heterocycles. The summed E-state index contributed by atoms with van der Waals surface area (Å²) in [4.78, 5) is 29.0. The monoisotopic (exact) mass is 407 g/mol. The number of alkyl halides is 2. The number of fused-ring (bicyclic) bond motifs is 1. The lowest BCUT2D eigenvalue weighted by Crippen LogP contribution is -2.23. The number of rotatable bonds is 5. The van der Waals surface area contributed by atoms with Crippen molar-refractivity contribution in [3.63, 3.8) is 0 Å². The van der Waals surface area contributed by atoms with E-state index in [1.165, 1.54) is 18.2 Å². The molecule has 0 unspecified atom stereocenters. The summed E-state index contributed by atoms with van der Waals surface area (Å²) < 4.78 is 30.4. The Morgan fingerprint density at radius 2 is 2.04 bits per heavy atom. The van der Waals surface area contributed by atoms with Gasteiger partial charge in [0, 0.05) is 17.8 Å². The zero-order chi connectivity index (χ0) is 20.4. The summed E-state index contributed by atoms with van der Waals surface area (Å²) in [5.41, 5.74) is 1.96. The van der Waals surface area contributed by atoms with Crippen molar-refractivity contribution in [3.8, 4) is 5.75 Å². The first-order valence-electron chi connectivity index (χ1n) is 8.37. The molecule has 3 rings (SSSR count). The Bertz CT molecular complexity index is 1120. The lowest BCUT2D eigenvalue weighted by molar-refractivity contribution is -0.0497. The van der Waals surface area contributed by atoms with E-state index < -0.39 is 12.5 Å². The van der Waals surface area contributed by atoms with Crippen LogP contribution in [-0.2, 0) is 6.54 Å². The third kappa shape index (κ3) is 3.96. The van der Waals surface area contributed by atoms with Crippen molar-refractivity contribution in [1.82, 2.24) is 9.55 Å². The molecule has 0 aliphatic rings. The maximum atomic E-state index is 12.5. The zero-order valence-corrected chi connectivity index (χ0v) is 15.8. The molecule has 0 aliphatic carbocycles. The molecule has 2 aromatic carbocycles. The van der Waals surface area contributed by atoms with Crippen LogP contribution in [0.4, 0.5) is 14.5 Å². The largest absolute Gasteiger partial charge is 0.433 e. The highest BCUT2D eigenvalue weighted by Gasteiger charge is 2.13. The number of benzene rings is 2. The first kappa shape index (κ1) is 19.8. The van der Waals surface area contributed by atoms with Gasteiger partial charge in [-0.25, -0.2) is 4.98 Å². The number of ether oxygens (including phenoxy) is 1. The second-order valence-electron chi connectivity index (χ2n) is 5.93. The van der Waals surface area contributed by atoms with Crippen LogP contribution in [0.25, 0.3) is 11.0 Å². The molecule has 9 heteroatoms. The summed E-state index contributed by atoms with van der Waals surface area (Å²) in [6, 6.07) is 8.79. The van der Waals surface area contributed by atoms with Gasteiger partial charge in [0.05, 0.1) is 16.1 Å². The van der Waals surface area contributed by atoms with Crippen LogP contribution in [0.5, 0.6) is 5.75 Å². The maximum Gasteiger partial charge on any atom is 0.387 e. The van der Waals surface area contributed by atoms with Crippen LogP contribution in [0.1, 0.15) is 23.0 Å². The lowest BCUT2D eigenvalue weighted by atomic mass is 10.1. The van der Waals surface area contributed by atoms with Crippen molar-refractivity contribution in [2.75, 3.05) is 5.32 Å². The molecular weight excluding hydrogens is 392 g/mol. The predicted molar refractivity (Wildman–Crippen MR) is 102 cm³/mol. The summed E-state index contributed by atoms with van der Waals surface area (Å²) in [6.45, 7) is 0.958. The fraction of sp³-hybridized carbons (Fsp3) is 0.211. The molecule has 0 radical (unpaired) electrons. The minimum absolute atomic E-state index is 0.0548. The maximum absolute atomic E-state index is 12.5. The molecule has 28 heavy (non-hydrogen) atoms. The number of aryl methyl sites for hydroxylation is 2. The van der Waals surface area contributed by atoms with E-state index in [2.05, 4.69) is 15.0 Å². The summed E-state index contributed by atoms with van der Waals surface area (Å²) in [7, 11) is 0. The summed E-state index contributed by atoms with van der Waals surface area (Å²) in [6.07, 6.45) is 0. The molecule has 0 atom stereocenters. The molecule has 0 spiro atoms. The molecule has 0 saturated carbocycles. The van der Waals surface area contributed by atoms with Gasteiger partial charge in [-0.15, -0.1) is 0 Å². The van der Waals surface area contributed by atoms with E-state index in [-0.39, 0.29) is 16.3 Å². The van der Waals surface area contributed by atoms with Crippen LogP contribution in [0.15, 0.2) is 41.2 Å². The van der Waals surface area contributed by atoms with Gasteiger partial charge in [-0.3, -0.25) is 9.59 Å². The van der Waals surface area contributed by atoms with Crippen LogP contribution in [0, 0.1) is 6.92 Å². The molecule has 1 heterocycles. The second kappa shape index (κ2) is 7.93. The standard InChI is InChI=1S/C19H16ClF2N3O3/c1-3-25-15-6-4-11(8-14(15)23-10(2)18(25)27)17(26)24-12-5-7-16(13(20)9-12)28-19(21)22/h4-9,19H,3H2,1-2H3,(H,24,26). The Morgan fingerprint density at radius 3 is 2.68 bits per heavy atom. The van der Waals surface area contributed by atoms with Gasteiger partial charge < -0.3 is 14.6 Å². The van der Waals surface area contributed by atoms with Gasteiger partial charge in [0.1, 0.15) is 11.4 Å². The van der Waals surface area contributed by atoms with Crippen LogP contribution in [-0.4, -0.2) is 22.1 Å². The number of hydrogen-bond donors (Lipinski definition) is 1. The fourth-order valence-electron chi connectivity index (χ4n) is 2.80. The van der Waals surface area contributed by atoms with E-state index in [4.69, 9.17) is 11.6 Å². The highest BCUT2D eigenvalue weighted by atomic mass is 35.5. The van der Waals surface area contributed by atoms with E-state index in [0.29, 0.717) is 34.5 Å². The Balaban J connectivity index is 1.89. The van der Waals surface area contributed by atoms with Gasteiger partial charge in [0.15, 0.2) is 0 Å². The number of aromatic nitrogens is 2. The molecule has 3 aromatic rings. The smallest absolute Gasteiger partial charge is 0.387 e. The average molecular weight is 408 g/mol. The van der Waals surface area contributed by atoms with Crippen molar-refractivity contribution < 1.29 is 18.3 Å². The Hall–Kier alpha value is -3.00. The van der Waals surface area contributed by atoms with Gasteiger partial charge in [0.25, 0.3) is 11.5 Å². The number of carbonyl (C=O) groups is 1. The number of amides is 1. The van der Waals surface area contributed by atoms with Crippen LogP contribution < -0.4 is 15.6 Å². The number of anilines is 1. The molecule has 146 valence electrons. The molecular formula is C19H16ClF2N3O3. The SMILES string of the molecule is CCn1c(=O)c(C)nc2cc(C(=O)Nc3ccc(OC(F)F)c(Cl)c3)ccc21. The number of carbonyl (C=O) groups excluding carboxylic acids is 1. The Labute approximate surface area is 163 Å². The normalized spacial score (nSPS) is 11.1. The molecule has 1 N–H and O–H groups in total. The molecule has 0 fully saturated rings. The predicted octanol–water partition coefficient (Wildman–Crippen LogP) is 4.23. The molecule has 0 aliphatic heterocycles. The van der Waals surface area contributed by atoms with E-state index >= 15 is 0 Å². The van der Waals surface area contributed by atoms with Crippen molar-refractivity contribution in [1.29, 1.82) is 0 Å². The summed E-state index contributed by atoms with van der Waals surface area (Å²) >= 11 is 5.89. The van der Waals surface area contributed by atoms with E-state index in [1.54, 1.807) is 29.7 Å². The van der Waals surface area contributed by atoms with Gasteiger partial charge in [0.2, 0.25) is 0 Å². The molecule has 0 saturated heterocycles. The summed E-state index contributed by atoms with van der Waals surface area (Å²) in [5, 5.41) is 2.58. The third-order valence-electron chi connectivity index (χ3n) is 4.09. The van der Waals surface area contributed by atoms with Crippen LogP contribution in [0.2, 0.25) is 5.02 Å². The first-order chi connectivity index (χ1) is 13.3. The van der Waals surface area contributed by atoms with E-state index in [0.717, 1.165) is 0 Å². The first-order valence-corrected chi connectivity index (χ1v) is 8.75. The quantitative estimate of drug-likeness (QED) is 0.686. The van der Waals surface area contributed by atoms with Crippen LogP contribution in [0.3, 0.4) is 0 Å². The minimum atomic E-state index is -2.99. The van der Waals surface area contributed by atoms with Gasteiger partial charge in [-0.1, -0.05) is 11.6 Å². The van der Waals surface area contributed by atoms with E-state index in [9.17, 15) is 18.4 Å². The van der Waals surface area contributed by atoms with Gasteiger partial charge in [-0.05, 0) is 50.2 Å². The van der Waals surface area contributed by atoms with Crippen LogP contribution >= 0.6 is 11.6 Å². The summed E-state index contributed by atoms with van der Waals surface area (Å²) in [5.74, 6) is -0.619. The fourth-order valence-corrected chi connectivity index (χ4v) is 3.03. The van der Waals surface area contributed by atoms with Crippen molar-refractivity contribution in [2.45, 2.75) is 27.0 Å². The van der Waals surface area contributed by atoms with Gasteiger partial charge >= 0.3 is 6.61 Å². The second-order valence-corrected chi connectivity index (χ2v) is 6.34. The third-order valence-corrected chi connectivity index (χ3v) is 4.39. The number of hydrogen-bond acceptors (Lipinski definition) is 4. The van der Waals surface area contributed by atoms with Crippen molar-refractivity contribution >= 4 is 34.2 Å². The number of halogens is 3. The molecule has 0 bridgehead atoms. The lowest BCUT2D eigenvalue weighted by Gasteiger charge is -2.11. The highest BCUT2D eigenvalue weighted by Crippen LogP contribution is 2.29. The topological polar surface area (TPSA) is 73.2 Å². The number of nitrogens with zero attached hydrogens (tertiary/aromatic N) is 2. The average Bonchev–Trinajstić information content (AvgIpc) is 2.64. The minimum Gasteiger partial charge on any atom is -0.433 e. The highest BCUT2D eigenvalue weighted by molar-refractivity contribution is 6.32. The zero-order valence-electron chi connectivity index (χ0n) is 15.0. The number of nitrogens with one attached hydrogen (secondary N) is 1. The van der Waals surface area contributed by atoms with Gasteiger partial charge in [-0.2, -0.15) is 8.78 Å². The molecule has 1 amide bonds. The van der Waals surface area contributed by atoms with Crippen molar-refractivity contribution in [2.24, 2.45) is 0 Å². The van der Waals surface area contributed by atoms with Crippen molar-refractivity contribution in [3.05, 3.63) is 63.0 Å². The Kier molecular flexibility index (Phi) is 5.60. The van der Waals surface area contributed by atoms with E-state index in [1.807, 2.05) is 6.92 Å².